The van der Waals surface area contributed by atoms with E-state index in [0.717, 1.165) is 5.56 Å². The summed E-state index contributed by atoms with van der Waals surface area (Å²) in [5, 5.41) is 3.12. The molecule has 0 bridgehead atoms. The predicted molar refractivity (Wildman–Crippen MR) is 55.6 cm³/mol. The monoisotopic (exact) mass is 209 g/mol. The van der Waals surface area contributed by atoms with Gasteiger partial charge in [0.25, 0.3) is 0 Å². The Labute approximate surface area is 87.3 Å². The molecule has 15 heavy (non-hydrogen) atoms. The van der Waals surface area contributed by atoms with E-state index in [4.69, 9.17) is 10.3 Å². The van der Waals surface area contributed by atoms with Crippen LogP contribution in [0.3, 0.4) is 0 Å². The highest BCUT2D eigenvalue weighted by Crippen LogP contribution is 2.12. The number of hydrogen-bond acceptors (Lipinski definition) is 2. The van der Waals surface area contributed by atoms with Crippen molar-refractivity contribution in [2.24, 2.45) is 5.11 Å². The summed E-state index contributed by atoms with van der Waals surface area (Å²) >= 11 is 0. The van der Waals surface area contributed by atoms with Crippen LogP contribution in [0.25, 0.3) is 10.4 Å². The van der Waals surface area contributed by atoms with E-state index in [-0.39, 0.29) is 13.2 Å². The Morgan fingerprint density at radius 1 is 1.47 bits per heavy atom. The number of benzene rings is 1. The SMILES string of the molecule is Cc1ccc(OC[C@H](F)CN=[N+]=[N-])cc1. The summed E-state index contributed by atoms with van der Waals surface area (Å²) in [5.41, 5.74) is 9.10. The third kappa shape index (κ3) is 4.33. The Balaban J connectivity index is 2.36. The third-order valence-corrected chi connectivity index (χ3v) is 1.79. The maximum absolute atomic E-state index is 13.0. The topological polar surface area (TPSA) is 58.0 Å². The summed E-state index contributed by atoms with van der Waals surface area (Å²) in [4.78, 5) is 2.47. The van der Waals surface area contributed by atoms with Crippen molar-refractivity contribution in [3.05, 3.63) is 40.3 Å². The van der Waals surface area contributed by atoms with E-state index in [1.54, 1.807) is 12.1 Å². The first kappa shape index (κ1) is 11.3. The van der Waals surface area contributed by atoms with Gasteiger partial charge in [-0.2, -0.15) is 0 Å². The number of hydrogen-bond donors (Lipinski definition) is 0. The minimum absolute atomic E-state index is 0.0952. The summed E-state index contributed by atoms with van der Waals surface area (Å²) in [6.07, 6.45) is -1.26. The first-order valence-electron chi connectivity index (χ1n) is 4.57. The van der Waals surface area contributed by atoms with Gasteiger partial charge in [-0.1, -0.05) is 22.8 Å². The van der Waals surface area contributed by atoms with Crippen molar-refractivity contribution >= 4 is 0 Å². The van der Waals surface area contributed by atoms with Crippen molar-refractivity contribution < 1.29 is 9.13 Å². The average Bonchev–Trinajstić information content (AvgIpc) is 2.25. The molecule has 0 saturated carbocycles. The van der Waals surface area contributed by atoms with Crippen LogP contribution in [0.15, 0.2) is 29.4 Å². The zero-order chi connectivity index (χ0) is 11.1. The van der Waals surface area contributed by atoms with Gasteiger partial charge in [-0.05, 0) is 24.6 Å². The lowest BCUT2D eigenvalue weighted by molar-refractivity contribution is 0.201. The molecule has 0 aliphatic carbocycles. The van der Waals surface area contributed by atoms with Crippen LogP contribution < -0.4 is 4.74 Å². The van der Waals surface area contributed by atoms with Gasteiger partial charge in [0.05, 0.1) is 6.54 Å². The number of aryl methyl sites for hydroxylation is 1. The number of ether oxygens (including phenoxy) is 1. The lowest BCUT2D eigenvalue weighted by Gasteiger charge is -2.08. The minimum Gasteiger partial charge on any atom is -0.491 e. The molecule has 0 spiro atoms. The van der Waals surface area contributed by atoms with E-state index in [9.17, 15) is 4.39 Å². The van der Waals surface area contributed by atoms with Gasteiger partial charge in [0.15, 0.2) is 0 Å². The average molecular weight is 209 g/mol. The first-order valence-corrected chi connectivity index (χ1v) is 4.57. The second-order valence-corrected chi connectivity index (χ2v) is 3.13. The van der Waals surface area contributed by atoms with Crippen molar-refractivity contribution in [3.63, 3.8) is 0 Å². The van der Waals surface area contributed by atoms with Gasteiger partial charge in [-0.25, -0.2) is 4.39 Å². The Morgan fingerprint density at radius 3 is 2.73 bits per heavy atom. The maximum atomic E-state index is 13.0. The Bertz CT molecular complexity index is 346. The standard InChI is InChI=1S/C10H12FN3O/c1-8-2-4-10(5-3-8)15-7-9(11)6-13-14-12/h2-5,9H,6-7H2,1H3/t9-/m1/s1. The van der Waals surface area contributed by atoms with E-state index in [2.05, 4.69) is 10.0 Å². The highest BCUT2D eigenvalue weighted by atomic mass is 19.1. The molecule has 1 aromatic rings. The zero-order valence-electron chi connectivity index (χ0n) is 8.43. The van der Waals surface area contributed by atoms with Crippen molar-refractivity contribution in [3.8, 4) is 5.75 Å². The molecule has 0 saturated heterocycles. The first-order chi connectivity index (χ1) is 7.22. The van der Waals surface area contributed by atoms with Gasteiger partial charge in [-0.3, -0.25) is 0 Å². The van der Waals surface area contributed by atoms with E-state index in [0.29, 0.717) is 5.75 Å². The summed E-state index contributed by atoms with van der Waals surface area (Å²) in [6.45, 7) is 1.67. The van der Waals surface area contributed by atoms with Crippen LogP contribution in [0.4, 0.5) is 4.39 Å². The number of halogens is 1. The molecule has 0 aliphatic heterocycles. The molecule has 0 amide bonds. The fourth-order valence-electron chi connectivity index (χ4n) is 0.999. The fourth-order valence-corrected chi connectivity index (χ4v) is 0.999. The smallest absolute Gasteiger partial charge is 0.140 e. The molecular formula is C10H12FN3O. The van der Waals surface area contributed by atoms with Crippen molar-refractivity contribution in [2.75, 3.05) is 13.2 Å². The summed E-state index contributed by atoms with van der Waals surface area (Å²) < 4.78 is 18.1. The van der Waals surface area contributed by atoms with Crippen molar-refractivity contribution in [1.82, 2.24) is 0 Å². The number of rotatable bonds is 5. The Morgan fingerprint density at radius 2 is 2.13 bits per heavy atom. The quantitative estimate of drug-likeness (QED) is 0.417. The molecule has 1 atom stereocenters. The van der Waals surface area contributed by atoms with Gasteiger partial charge in [-0.15, -0.1) is 0 Å². The van der Waals surface area contributed by atoms with E-state index in [1.165, 1.54) is 0 Å². The van der Waals surface area contributed by atoms with Crippen LogP contribution in [-0.4, -0.2) is 19.3 Å². The molecule has 0 unspecified atom stereocenters. The van der Waals surface area contributed by atoms with E-state index < -0.39 is 6.17 Å². The second-order valence-electron chi connectivity index (χ2n) is 3.13. The molecule has 4 nitrogen and oxygen atoms in total. The third-order valence-electron chi connectivity index (χ3n) is 1.79. The highest BCUT2D eigenvalue weighted by molar-refractivity contribution is 5.26. The largest absolute Gasteiger partial charge is 0.491 e. The van der Waals surface area contributed by atoms with Crippen LogP contribution in [0, 0.1) is 6.92 Å². The van der Waals surface area contributed by atoms with E-state index in [1.807, 2.05) is 19.1 Å². The lowest BCUT2D eigenvalue weighted by Crippen LogP contribution is -2.15. The van der Waals surface area contributed by atoms with Gasteiger partial charge in [0.1, 0.15) is 18.5 Å². The second kappa shape index (κ2) is 5.88. The maximum Gasteiger partial charge on any atom is 0.140 e. The molecule has 5 heteroatoms. The predicted octanol–water partition coefficient (Wildman–Crippen LogP) is 3.02. The molecule has 0 heterocycles. The summed E-state index contributed by atoms with van der Waals surface area (Å²) in [5.74, 6) is 0.615. The molecule has 0 aromatic heterocycles. The van der Waals surface area contributed by atoms with Gasteiger partial charge in [0, 0.05) is 4.91 Å². The van der Waals surface area contributed by atoms with Gasteiger partial charge in [0.2, 0.25) is 0 Å². The zero-order valence-corrected chi connectivity index (χ0v) is 8.43. The number of nitrogens with zero attached hydrogens (tertiary/aromatic N) is 3. The molecule has 1 aromatic carbocycles. The Kier molecular flexibility index (Phi) is 4.44. The molecule has 0 radical (unpaired) electrons. The molecule has 0 aliphatic rings. The fraction of sp³-hybridized carbons (Fsp3) is 0.400. The number of alkyl halides is 1. The summed E-state index contributed by atoms with van der Waals surface area (Å²) in [6, 6.07) is 7.32. The summed E-state index contributed by atoms with van der Waals surface area (Å²) in [7, 11) is 0. The van der Waals surface area contributed by atoms with Crippen LogP contribution in [0.5, 0.6) is 5.75 Å². The molecule has 0 N–H and O–H groups in total. The van der Waals surface area contributed by atoms with Crippen molar-refractivity contribution in [1.29, 1.82) is 0 Å². The molecular weight excluding hydrogens is 197 g/mol. The highest BCUT2D eigenvalue weighted by Gasteiger charge is 2.05. The van der Waals surface area contributed by atoms with Crippen LogP contribution in [-0.2, 0) is 0 Å². The molecule has 80 valence electrons. The lowest BCUT2D eigenvalue weighted by atomic mass is 10.2. The Hall–Kier alpha value is -1.74. The van der Waals surface area contributed by atoms with E-state index >= 15 is 0 Å². The molecule has 1 rings (SSSR count). The van der Waals surface area contributed by atoms with Crippen LogP contribution in [0.1, 0.15) is 5.56 Å². The van der Waals surface area contributed by atoms with Gasteiger partial charge < -0.3 is 4.74 Å². The minimum atomic E-state index is -1.26. The van der Waals surface area contributed by atoms with Crippen LogP contribution in [0.2, 0.25) is 0 Å². The van der Waals surface area contributed by atoms with Crippen LogP contribution >= 0.6 is 0 Å². The number of azide groups is 1. The van der Waals surface area contributed by atoms with Gasteiger partial charge >= 0.3 is 0 Å². The van der Waals surface area contributed by atoms with Crippen molar-refractivity contribution in [2.45, 2.75) is 13.1 Å². The normalized spacial score (nSPS) is 11.6. The molecule has 0 fully saturated rings.